The molecule has 20 heavy (non-hydrogen) atoms. The van der Waals surface area contributed by atoms with Crippen molar-refractivity contribution in [1.29, 1.82) is 0 Å². The summed E-state index contributed by atoms with van der Waals surface area (Å²) in [6.07, 6.45) is -0.873. The second-order valence-corrected chi connectivity index (χ2v) is 5.85. The van der Waals surface area contributed by atoms with Gasteiger partial charge in [0.1, 0.15) is 5.82 Å². The summed E-state index contributed by atoms with van der Waals surface area (Å²) in [5.74, 6) is 0.402. The molecular formula is C13H14ClF3N2O. The molecule has 1 N–H and O–H groups in total. The van der Waals surface area contributed by atoms with Gasteiger partial charge in [-0.15, -0.1) is 0 Å². The van der Waals surface area contributed by atoms with E-state index in [2.05, 4.69) is 4.98 Å². The summed E-state index contributed by atoms with van der Waals surface area (Å²) >= 11 is 6.00. The molecular weight excluding hydrogens is 293 g/mol. The molecule has 110 valence electrons. The van der Waals surface area contributed by atoms with Gasteiger partial charge in [-0.05, 0) is 31.7 Å². The van der Waals surface area contributed by atoms with Gasteiger partial charge in [0.15, 0.2) is 0 Å². The lowest BCUT2D eigenvalue weighted by molar-refractivity contribution is -0.137. The van der Waals surface area contributed by atoms with Crippen LogP contribution in [0.4, 0.5) is 19.0 Å². The molecule has 2 fully saturated rings. The Labute approximate surface area is 119 Å². The van der Waals surface area contributed by atoms with Gasteiger partial charge in [0, 0.05) is 18.3 Å². The highest BCUT2D eigenvalue weighted by Crippen LogP contribution is 2.42. The third-order valence-electron chi connectivity index (χ3n) is 4.10. The number of hydrogen-bond donors (Lipinski definition) is 1. The zero-order valence-electron chi connectivity index (χ0n) is 10.6. The number of aliphatic hydroxyl groups is 1. The molecule has 2 aliphatic heterocycles. The van der Waals surface area contributed by atoms with Gasteiger partial charge in [-0.25, -0.2) is 4.98 Å². The number of pyridine rings is 1. The summed E-state index contributed by atoms with van der Waals surface area (Å²) in [7, 11) is 0. The SMILES string of the molecule is OC1CC2CCC(C1)N2c1ncc(C(F)(F)F)cc1Cl. The van der Waals surface area contributed by atoms with E-state index in [0.717, 1.165) is 25.1 Å². The molecule has 2 saturated heterocycles. The first-order chi connectivity index (χ1) is 9.36. The van der Waals surface area contributed by atoms with Crippen LogP contribution in [0.2, 0.25) is 5.02 Å². The van der Waals surface area contributed by atoms with Gasteiger partial charge >= 0.3 is 6.18 Å². The fraction of sp³-hybridized carbons (Fsp3) is 0.615. The van der Waals surface area contributed by atoms with Crippen molar-refractivity contribution >= 4 is 17.4 Å². The normalized spacial score (nSPS) is 29.9. The standard InChI is InChI=1S/C13H14ClF3N2O/c14-11-3-7(13(15,16)17)6-18-12(11)19-8-1-2-9(19)5-10(20)4-8/h3,6,8-10,20H,1-2,4-5H2. The summed E-state index contributed by atoms with van der Waals surface area (Å²) in [6, 6.07) is 1.16. The molecule has 0 aliphatic carbocycles. The Morgan fingerprint density at radius 1 is 1.25 bits per heavy atom. The van der Waals surface area contributed by atoms with Gasteiger partial charge < -0.3 is 10.0 Å². The minimum Gasteiger partial charge on any atom is -0.393 e. The Kier molecular flexibility index (Phi) is 3.33. The molecule has 3 nitrogen and oxygen atoms in total. The topological polar surface area (TPSA) is 36.4 Å². The van der Waals surface area contributed by atoms with Crippen molar-refractivity contribution in [3.63, 3.8) is 0 Å². The Hall–Kier alpha value is -1.01. The number of fused-ring (bicyclic) bond motifs is 2. The zero-order valence-corrected chi connectivity index (χ0v) is 11.3. The summed E-state index contributed by atoms with van der Waals surface area (Å²) in [5.41, 5.74) is -0.837. The van der Waals surface area contributed by atoms with Crippen LogP contribution in [0.3, 0.4) is 0 Å². The molecule has 7 heteroatoms. The number of alkyl halides is 3. The molecule has 2 bridgehead atoms. The molecule has 0 saturated carbocycles. The highest BCUT2D eigenvalue weighted by Gasteiger charge is 2.42. The molecule has 2 aliphatic rings. The molecule has 2 atom stereocenters. The summed E-state index contributed by atoms with van der Waals surface area (Å²) in [5, 5.41) is 9.77. The van der Waals surface area contributed by atoms with Gasteiger partial charge in [0.2, 0.25) is 0 Å². The highest BCUT2D eigenvalue weighted by molar-refractivity contribution is 6.33. The molecule has 3 rings (SSSR count). The van der Waals surface area contributed by atoms with Crippen molar-refractivity contribution in [2.75, 3.05) is 4.90 Å². The molecule has 3 heterocycles. The number of anilines is 1. The van der Waals surface area contributed by atoms with Crippen molar-refractivity contribution in [3.05, 3.63) is 22.8 Å². The number of rotatable bonds is 1. The van der Waals surface area contributed by atoms with E-state index in [0.29, 0.717) is 18.7 Å². The number of halogens is 4. The second-order valence-electron chi connectivity index (χ2n) is 5.44. The Morgan fingerprint density at radius 2 is 1.85 bits per heavy atom. The quantitative estimate of drug-likeness (QED) is 0.865. The summed E-state index contributed by atoms with van der Waals surface area (Å²) in [6.45, 7) is 0. The maximum atomic E-state index is 12.6. The van der Waals surface area contributed by atoms with Gasteiger partial charge in [-0.1, -0.05) is 11.6 Å². The van der Waals surface area contributed by atoms with Crippen molar-refractivity contribution in [3.8, 4) is 0 Å². The molecule has 0 spiro atoms. The van der Waals surface area contributed by atoms with E-state index < -0.39 is 11.7 Å². The minimum atomic E-state index is -4.44. The van der Waals surface area contributed by atoms with Gasteiger partial charge in [0.25, 0.3) is 0 Å². The van der Waals surface area contributed by atoms with Crippen LogP contribution in [0.1, 0.15) is 31.2 Å². The first kappa shape index (κ1) is 13.9. The van der Waals surface area contributed by atoms with Crippen molar-refractivity contribution in [1.82, 2.24) is 4.98 Å². The van der Waals surface area contributed by atoms with E-state index in [-0.39, 0.29) is 23.2 Å². The van der Waals surface area contributed by atoms with Crippen LogP contribution in [-0.4, -0.2) is 28.3 Å². The first-order valence-corrected chi connectivity index (χ1v) is 6.93. The molecule has 1 aromatic rings. The van der Waals surface area contributed by atoms with Crippen molar-refractivity contribution in [2.45, 2.75) is 50.0 Å². The van der Waals surface area contributed by atoms with Crippen LogP contribution in [0.5, 0.6) is 0 Å². The largest absolute Gasteiger partial charge is 0.417 e. The number of aliphatic hydroxyl groups excluding tert-OH is 1. The predicted molar refractivity (Wildman–Crippen MR) is 68.8 cm³/mol. The smallest absolute Gasteiger partial charge is 0.393 e. The van der Waals surface area contributed by atoms with Crippen LogP contribution in [-0.2, 0) is 6.18 Å². The average Bonchev–Trinajstić information content (AvgIpc) is 2.61. The van der Waals surface area contributed by atoms with E-state index in [1.165, 1.54) is 0 Å². The zero-order chi connectivity index (χ0) is 14.5. The van der Waals surface area contributed by atoms with Gasteiger partial charge in [-0.3, -0.25) is 0 Å². The summed E-state index contributed by atoms with van der Waals surface area (Å²) < 4.78 is 37.8. The molecule has 1 aromatic heterocycles. The first-order valence-electron chi connectivity index (χ1n) is 6.55. The summed E-state index contributed by atoms with van der Waals surface area (Å²) in [4.78, 5) is 5.91. The van der Waals surface area contributed by atoms with Crippen molar-refractivity contribution < 1.29 is 18.3 Å². The Bertz CT molecular complexity index is 509. The third-order valence-corrected chi connectivity index (χ3v) is 4.38. The lowest BCUT2D eigenvalue weighted by atomic mass is 10.00. The van der Waals surface area contributed by atoms with E-state index in [1.54, 1.807) is 0 Å². The monoisotopic (exact) mass is 306 g/mol. The van der Waals surface area contributed by atoms with Crippen molar-refractivity contribution in [2.24, 2.45) is 0 Å². The maximum absolute atomic E-state index is 12.6. The lowest BCUT2D eigenvalue weighted by Crippen LogP contribution is -2.45. The van der Waals surface area contributed by atoms with Crippen LogP contribution >= 0.6 is 11.6 Å². The van der Waals surface area contributed by atoms with E-state index in [4.69, 9.17) is 11.6 Å². The number of aromatic nitrogens is 1. The van der Waals surface area contributed by atoms with Crippen LogP contribution in [0.25, 0.3) is 0 Å². The minimum absolute atomic E-state index is 0.0214. The van der Waals surface area contributed by atoms with E-state index >= 15 is 0 Å². The predicted octanol–water partition coefficient (Wildman–Crippen LogP) is 3.25. The van der Waals surface area contributed by atoms with Crippen LogP contribution in [0.15, 0.2) is 12.3 Å². The number of hydrogen-bond acceptors (Lipinski definition) is 3. The van der Waals surface area contributed by atoms with Crippen LogP contribution in [0, 0.1) is 0 Å². The lowest BCUT2D eigenvalue weighted by Gasteiger charge is -2.38. The molecule has 0 amide bonds. The van der Waals surface area contributed by atoms with Gasteiger partial charge in [0.05, 0.1) is 16.7 Å². The number of piperidine rings is 1. The Morgan fingerprint density at radius 3 is 2.35 bits per heavy atom. The Balaban J connectivity index is 1.92. The average molecular weight is 307 g/mol. The fourth-order valence-electron chi connectivity index (χ4n) is 3.27. The maximum Gasteiger partial charge on any atom is 0.417 e. The molecule has 2 unspecified atom stereocenters. The molecule has 0 radical (unpaired) electrons. The van der Waals surface area contributed by atoms with E-state index in [1.807, 2.05) is 4.90 Å². The van der Waals surface area contributed by atoms with Crippen LogP contribution < -0.4 is 4.90 Å². The fourth-order valence-corrected chi connectivity index (χ4v) is 3.53. The third kappa shape index (κ3) is 2.35. The van der Waals surface area contributed by atoms with Gasteiger partial charge in [-0.2, -0.15) is 13.2 Å². The number of nitrogens with zero attached hydrogens (tertiary/aromatic N) is 2. The second kappa shape index (κ2) is 4.77. The molecule has 0 aromatic carbocycles. The van der Waals surface area contributed by atoms with E-state index in [9.17, 15) is 18.3 Å². The highest BCUT2D eigenvalue weighted by atomic mass is 35.5.